The van der Waals surface area contributed by atoms with E-state index in [1.54, 1.807) is 0 Å². The average Bonchev–Trinajstić information content (AvgIpc) is 3.24. The molecule has 0 aliphatic carbocycles. The van der Waals surface area contributed by atoms with E-state index < -0.39 is 12.2 Å². The molecule has 2 aromatic heterocycles. The summed E-state index contributed by atoms with van der Waals surface area (Å²) in [6, 6.07) is 0. The summed E-state index contributed by atoms with van der Waals surface area (Å²) in [5, 5.41) is 8.90. The minimum absolute atomic E-state index is 0.132. The zero-order chi connectivity index (χ0) is 17.2. The van der Waals surface area contributed by atoms with E-state index in [9.17, 15) is 9.59 Å². The SMILES string of the molecule is O=C(OCCOCCOCCc1nccn1C(=O)O)n1ccnc1. The Morgan fingerprint density at radius 3 is 2.50 bits per heavy atom. The fraction of sp³-hybridized carbons (Fsp3) is 0.429. The van der Waals surface area contributed by atoms with Gasteiger partial charge >= 0.3 is 12.2 Å². The van der Waals surface area contributed by atoms with Gasteiger partial charge in [-0.25, -0.2) is 28.7 Å². The summed E-state index contributed by atoms with van der Waals surface area (Å²) in [6.45, 7) is 1.42. The minimum atomic E-state index is -1.07. The Morgan fingerprint density at radius 2 is 1.79 bits per heavy atom. The highest BCUT2D eigenvalue weighted by Crippen LogP contribution is 1.98. The molecule has 0 bridgehead atoms. The second kappa shape index (κ2) is 9.43. The van der Waals surface area contributed by atoms with Crippen LogP contribution in [0.25, 0.3) is 0 Å². The number of nitrogens with zero attached hydrogens (tertiary/aromatic N) is 4. The van der Waals surface area contributed by atoms with Crippen LogP contribution in [-0.4, -0.2) is 69.4 Å². The van der Waals surface area contributed by atoms with Crippen molar-refractivity contribution in [1.82, 2.24) is 19.1 Å². The summed E-state index contributed by atoms with van der Waals surface area (Å²) in [6.07, 6.45) is 5.94. The van der Waals surface area contributed by atoms with E-state index >= 15 is 0 Å². The van der Waals surface area contributed by atoms with Gasteiger partial charge in [-0.2, -0.15) is 0 Å². The molecule has 0 fully saturated rings. The van der Waals surface area contributed by atoms with Gasteiger partial charge in [-0.15, -0.1) is 0 Å². The van der Waals surface area contributed by atoms with Crippen molar-refractivity contribution >= 4 is 12.2 Å². The molecule has 0 aliphatic heterocycles. The summed E-state index contributed by atoms with van der Waals surface area (Å²) in [4.78, 5) is 30.0. The monoisotopic (exact) mass is 338 g/mol. The van der Waals surface area contributed by atoms with Crippen LogP contribution in [0.15, 0.2) is 31.1 Å². The molecule has 0 spiro atoms. The van der Waals surface area contributed by atoms with E-state index in [0.717, 1.165) is 4.57 Å². The summed E-state index contributed by atoms with van der Waals surface area (Å²) in [5.74, 6) is 0.426. The molecule has 130 valence electrons. The lowest BCUT2D eigenvalue weighted by Gasteiger charge is -2.07. The highest BCUT2D eigenvalue weighted by Gasteiger charge is 2.08. The molecule has 10 heteroatoms. The maximum Gasteiger partial charge on any atom is 0.419 e. The lowest BCUT2D eigenvalue weighted by Crippen LogP contribution is -2.17. The Bertz CT molecular complexity index is 639. The number of carbonyl (C=O) groups excluding carboxylic acids is 1. The molecule has 0 unspecified atom stereocenters. The summed E-state index contributed by atoms with van der Waals surface area (Å²) >= 11 is 0. The van der Waals surface area contributed by atoms with Crippen molar-refractivity contribution in [3.8, 4) is 0 Å². The van der Waals surface area contributed by atoms with Crippen LogP contribution in [0.2, 0.25) is 0 Å². The Morgan fingerprint density at radius 1 is 1.04 bits per heavy atom. The smallest absolute Gasteiger partial charge is 0.419 e. The van der Waals surface area contributed by atoms with E-state index in [0.29, 0.717) is 32.1 Å². The van der Waals surface area contributed by atoms with Crippen LogP contribution in [0.4, 0.5) is 9.59 Å². The quantitative estimate of drug-likeness (QED) is 0.669. The van der Waals surface area contributed by atoms with Gasteiger partial charge in [0.2, 0.25) is 0 Å². The fourth-order valence-corrected chi connectivity index (χ4v) is 1.81. The number of hydrogen-bond donors (Lipinski definition) is 1. The lowest BCUT2D eigenvalue weighted by molar-refractivity contribution is 0.0287. The molecule has 0 saturated carbocycles. The molecular weight excluding hydrogens is 320 g/mol. The molecule has 0 aliphatic rings. The van der Waals surface area contributed by atoms with E-state index in [1.165, 1.54) is 35.7 Å². The molecule has 2 aromatic rings. The van der Waals surface area contributed by atoms with Crippen LogP contribution < -0.4 is 0 Å². The van der Waals surface area contributed by atoms with Gasteiger partial charge in [0, 0.05) is 31.2 Å². The predicted octanol–water partition coefficient (Wildman–Crippen LogP) is 0.866. The summed E-state index contributed by atoms with van der Waals surface area (Å²) < 4.78 is 17.8. The van der Waals surface area contributed by atoms with Gasteiger partial charge in [0.15, 0.2) is 0 Å². The van der Waals surface area contributed by atoms with Crippen LogP contribution in [-0.2, 0) is 20.6 Å². The number of hydrogen-bond acceptors (Lipinski definition) is 7. The van der Waals surface area contributed by atoms with E-state index in [-0.39, 0.29) is 13.2 Å². The third kappa shape index (κ3) is 5.48. The molecule has 2 rings (SSSR count). The Hall–Kier alpha value is -2.72. The molecule has 0 saturated heterocycles. The maximum atomic E-state index is 11.4. The minimum Gasteiger partial charge on any atom is -0.464 e. The van der Waals surface area contributed by atoms with E-state index in [1.807, 2.05) is 0 Å². The van der Waals surface area contributed by atoms with Crippen LogP contribution in [0.5, 0.6) is 0 Å². The number of carboxylic acid groups (broad SMARTS) is 1. The van der Waals surface area contributed by atoms with E-state index in [4.69, 9.17) is 19.3 Å². The Balaban J connectivity index is 1.46. The number of rotatable bonds is 9. The molecule has 2 heterocycles. The van der Waals surface area contributed by atoms with Crippen molar-refractivity contribution in [2.24, 2.45) is 0 Å². The van der Waals surface area contributed by atoms with Gasteiger partial charge in [0.1, 0.15) is 18.8 Å². The van der Waals surface area contributed by atoms with Crippen LogP contribution in [0.3, 0.4) is 0 Å². The predicted molar refractivity (Wildman–Crippen MR) is 80.0 cm³/mol. The van der Waals surface area contributed by atoms with Crippen molar-refractivity contribution in [1.29, 1.82) is 0 Å². The fourth-order valence-electron chi connectivity index (χ4n) is 1.81. The normalized spacial score (nSPS) is 10.7. The third-order valence-corrected chi connectivity index (χ3v) is 2.93. The Labute approximate surface area is 137 Å². The second-order valence-electron chi connectivity index (χ2n) is 4.56. The molecule has 24 heavy (non-hydrogen) atoms. The first-order valence-electron chi connectivity index (χ1n) is 7.24. The Kier molecular flexibility index (Phi) is 6.92. The van der Waals surface area contributed by atoms with Crippen LogP contribution >= 0.6 is 0 Å². The number of imidazole rings is 2. The molecule has 0 radical (unpaired) electrons. The van der Waals surface area contributed by atoms with Crippen molar-refractivity contribution in [3.05, 3.63) is 36.9 Å². The third-order valence-electron chi connectivity index (χ3n) is 2.93. The molecule has 10 nitrogen and oxygen atoms in total. The zero-order valence-electron chi connectivity index (χ0n) is 12.9. The van der Waals surface area contributed by atoms with Crippen molar-refractivity contribution in [3.63, 3.8) is 0 Å². The first-order chi connectivity index (χ1) is 11.7. The molecule has 1 N–H and O–H groups in total. The standard InChI is InChI=1S/C14H18N4O6/c19-13(20)18-5-3-16-12(18)1-6-22-7-8-23-9-10-24-14(21)17-4-2-15-11-17/h2-5,11H,1,6-10H2,(H,19,20). The lowest BCUT2D eigenvalue weighted by atomic mass is 10.4. The van der Waals surface area contributed by atoms with Gasteiger partial charge < -0.3 is 19.3 Å². The van der Waals surface area contributed by atoms with Gasteiger partial charge in [-0.05, 0) is 0 Å². The van der Waals surface area contributed by atoms with Crippen LogP contribution in [0.1, 0.15) is 5.82 Å². The first-order valence-corrected chi connectivity index (χ1v) is 7.24. The van der Waals surface area contributed by atoms with Gasteiger partial charge in [-0.3, -0.25) is 0 Å². The van der Waals surface area contributed by atoms with Crippen molar-refractivity contribution in [2.45, 2.75) is 6.42 Å². The van der Waals surface area contributed by atoms with E-state index in [2.05, 4.69) is 9.97 Å². The first kappa shape index (κ1) is 17.6. The number of aromatic nitrogens is 4. The summed E-state index contributed by atoms with van der Waals surface area (Å²) in [5.41, 5.74) is 0. The maximum absolute atomic E-state index is 11.4. The zero-order valence-corrected chi connectivity index (χ0v) is 12.9. The van der Waals surface area contributed by atoms with Crippen molar-refractivity contribution in [2.75, 3.05) is 33.0 Å². The molecule has 0 amide bonds. The average molecular weight is 338 g/mol. The second-order valence-corrected chi connectivity index (χ2v) is 4.56. The van der Waals surface area contributed by atoms with Crippen molar-refractivity contribution < 1.29 is 28.9 Å². The van der Waals surface area contributed by atoms with Gasteiger partial charge in [-0.1, -0.05) is 0 Å². The number of ether oxygens (including phenoxy) is 3. The highest BCUT2D eigenvalue weighted by atomic mass is 16.6. The molecule has 0 aromatic carbocycles. The van der Waals surface area contributed by atoms with Crippen LogP contribution in [0, 0.1) is 0 Å². The molecule has 0 atom stereocenters. The van der Waals surface area contributed by atoms with Gasteiger partial charge in [0.05, 0.1) is 26.4 Å². The molecular formula is C14H18N4O6. The number of carbonyl (C=O) groups is 2. The largest absolute Gasteiger partial charge is 0.464 e. The van der Waals surface area contributed by atoms with Gasteiger partial charge in [0.25, 0.3) is 0 Å². The summed E-state index contributed by atoms with van der Waals surface area (Å²) in [7, 11) is 0. The topological polar surface area (TPSA) is 118 Å². The highest BCUT2D eigenvalue weighted by molar-refractivity contribution is 5.70.